The van der Waals surface area contributed by atoms with Gasteiger partial charge in [-0.15, -0.1) is 0 Å². The van der Waals surface area contributed by atoms with E-state index < -0.39 is 11.9 Å². The minimum absolute atomic E-state index is 0.151. The summed E-state index contributed by atoms with van der Waals surface area (Å²) in [6.07, 6.45) is 0. The minimum atomic E-state index is -0.572. The molecule has 4 N–H and O–H groups in total. The summed E-state index contributed by atoms with van der Waals surface area (Å²) in [5.74, 6) is 0.0684. The van der Waals surface area contributed by atoms with Crippen molar-refractivity contribution in [2.24, 2.45) is 5.73 Å². The Hall–Kier alpha value is -2.12. The first kappa shape index (κ1) is 12.0. The van der Waals surface area contributed by atoms with E-state index in [1.54, 1.807) is 14.0 Å². The monoisotopic (exact) mass is 226 g/mol. The number of ether oxygens (including phenoxy) is 1. The summed E-state index contributed by atoms with van der Waals surface area (Å²) < 4.78 is 4.88. The van der Waals surface area contributed by atoms with Crippen LogP contribution in [-0.2, 0) is 4.79 Å². The quantitative estimate of drug-likeness (QED) is 0.602. The summed E-state index contributed by atoms with van der Waals surface area (Å²) in [5.41, 5.74) is 5.11. The van der Waals surface area contributed by atoms with E-state index in [1.807, 2.05) is 0 Å². The molecule has 0 aliphatic carbocycles. The van der Waals surface area contributed by atoms with Gasteiger partial charge in [-0.2, -0.15) is 15.0 Å². The Balaban J connectivity index is 2.90. The number of rotatable bonds is 5. The van der Waals surface area contributed by atoms with Crippen LogP contribution >= 0.6 is 0 Å². The van der Waals surface area contributed by atoms with E-state index >= 15 is 0 Å². The fraction of sp³-hybridized carbons (Fsp3) is 0.500. The van der Waals surface area contributed by atoms with E-state index in [9.17, 15) is 4.79 Å². The Labute approximate surface area is 92.6 Å². The molecule has 1 unspecified atom stereocenters. The maximum absolute atomic E-state index is 10.9. The number of aromatic nitrogens is 3. The number of carbonyl (C=O) groups is 1. The van der Waals surface area contributed by atoms with Crippen LogP contribution in [0.2, 0.25) is 0 Å². The van der Waals surface area contributed by atoms with E-state index in [-0.39, 0.29) is 12.0 Å². The molecule has 0 fully saturated rings. The lowest BCUT2D eigenvalue weighted by atomic mass is 10.3. The summed E-state index contributed by atoms with van der Waals surface area (Å²) in [7, 11) is 3.10. The highest BCUT2D eigenvalue weighted by Crippen LogP contribution is 2.10. The molecule has 1 atom stereocenters. The summed E-state index contributed by atoms with van der Waals surface area (Å²) >= 11 is 0. The van der Waals surface area contributed by atoms with Gasteiger partial charge in [-0.1, -0.05) is 0 Å². The molecule has 1 heterocycles. The van der Waals surface area contributed by atoms with Crippen molar-refractivity contribution in [2.75, 3.05) is 24.8 Å². The normalized spacial score (nSPS) is 11.7. The smallest absolute Gasteiger partial charge is 0.322 e. The average Bonchev–Trinajstić information content (AvgIpc) is 2.28. The molecule has 88 valence electrons. The van der Waals surface area contributed by atoms with Crippen molar-refractivity contribution < 1.29 is 9.53 Å². The summed E-state index contributed by atoms with van der Waals surface area (Å²) in [4.78, 5) is 22.7. The summed E-state index contributed by atoms with van der Waals surface area (Å²) in [5, 5.41) is 5.48. The Morgan fingerprint density at radius 1 is 1.38 bits per heavy atom. The maximum Gasteiger partial charge on any atom is 0.322 e. The first-order valence-electron chi connectivity index (χ1n) is 4.60. The van der Waals surface area contributed by atoms with E-state index in [1.165, 1.54) is 7.11 Å². The lowest BCUT2D eigenvalue weighted by Gasteiger charge is -2.11. The molecule has 0 aromatic carbocycles. The van der Waals surface area contributed by atoms with Crippen LogP contribution in [0.15, 0.2) is 0 Å². The Kier molecular flexibility index (Phi) is 3.81. The lowest BCUT2D eigenvalue weighted by molar-refractivity contribution is -0.118. The molecule has 1 rings (SSSR count). The van der Waals surface area contributed by atoms with Crippen molar-refractivity contribution >= 4 is 17.8 Å². The van der Waals surface area contributed by atoms with Crippen LogP contribution in [0.4, 0.5) is 11.9 Å². The Morgan fingerprint density at radius 3 is 2.50 bits per heavy atom. The first-order chi connectivity index (χ1) is 7.56. The van der Waals surface area contributed by atoms with E-state index in [4.69, 9.17) is 10.5 Å². The standard InChI is InChI=1S/C8H14N6O2/c1-4(5(9)15)11-7-12-6(10-2)13-8(14-7)16-3/h4H,1-3H3,(H2,9,15)(H2,10,11,12,13,14). The van der Waals surface area contributed by atoms with Crippen molar-refractivity contribution in [2.45, 2.75) is 13.0 Å². The molecule has 0 radical (unpaired) electrons. The van der Waals surface area contributed by atoms with Crippen LogP contribution in [0.1, 0.15) is 6.92 Å². The molecule has 1 aromatic rings. The Morgan fingerprint density at radius 2 is 2.00 bits per heavy atom. The van der Waals surface area contributed by atoms with E-state index in [2.05, 4.69) is 25.6 Å². The number of hydrogen-bond acceptors (Lipinski definition) is 7. The van der Waals surface area contributed by atoms with Gasteiger partial charge in [0, 0.05) is 7.05 Å². The molecule has 8 heteroatoms. The van der Waals surface area contributed by atoms with Gasteiger partial charge in [0.1, 0.15) is 6.04 Å². The highest BCUT2D eigenvalue weighted by atomic mass is 16.5. The molecule has 0 saturated heterocycles. The second kappa shape index (κ2) is 5.10. The van der Waals surface area contributed by atoms with Crippen molar-refractivity contribution in [3.8, 4) is 6.01 Å². The van der Waals surface area contributed by atoms with Gasteiger partial charge < -0.3 is 21.1 Å². The number of nitrogens with zero attached hydrogens (tertiary/aromatic N) is 3. The fourth-order valence-electron chi connectivity index (χ4n) is 0.889. The predicted octanol–water partition coefficient (Wildman–Crippen LogP) is -0.792. The molecular formula is C8H14N6O2. The van der Waals surface area contributed by atoms with Crippen LogP contribution < -0.4 is 21.1 Å². The predicted molar refractivity (Wildman–Crippen MR) is 58.2 cm³/mol. The second-order valence-electron chi connectivity index (χ2n) is 2.99. The molecule has 0 saturated carbocycles. The van der Waals surface area contributed by atoms with Gasteiger partial charge >= 0.3 is 6.01 Å². The Bertz CT molecular complexity index is 361. The van der Waals surface area contributed by atoms with E-state index in [0.717, 1.165) is 0 Å². The summed E-state index contributed by atoms with van der Waals surface area (Å²) in [6, 6.07) is -0.421. The molecule has 0 aliphatic rings. The van der Waals surface area contributed by atoms with E-state index in [0.29, 0.717) is 5.95 Å². The number of carbonyl (C=O) groups excluding carboxylic acids is 1. The van der Waals surface area contributed by atoms with Gasteiger partial charge in [0.05, 0.1) is 7.11 Å². The zero-order valence-electron chi connectivity index (χ0n) is 9.31. The van der Waals surface area contributed by atoms with Crippen LogP contribution in [0.25, 0.3) is 0 Å². The van der Waals surface area contributed by atoms with Crippen molar-refractivity contribution in [1.82, 2.24) is 15.0 Å². The number of hydrogen-bond donors (Lipinski definition) is 3. The molecule has 1 amide bonds. The first-order valence-corrected chi connectivity index (χ1v) is 4.60. The number of nitrogens with two attached hydrogens (primary N) is 1. The molecule has 8 nitrogen and oxygen atoms in total. The SMILES string of the molecule is CNc1nc(NC(C)C(N)=O)nc(OC)n1. The number of primary amides is 1. The fourth-order valence-corrected chi connectivity index (χ4v) is 0.889. The number of amides is 1. The molecule has 16 heavy (non-hydrogen) atoms. The highest BCUT2D eigenvalue weighted by molar-refractivity contribution is 5.81. The summed E-state index contributed by atoms with van der Waals surface area (Å²) in [6.45, 7) is 1.61. The minimum Gasteiger partial charge on any atom is -0.467 e. The number of anilines is 2. The van der Waals surface area contributed by atoms with Crippen LogP contribution in [0, 0.1) is 0 Å². The van der Waals surface area contributed by atoms with Crippen molar-refractivity contribution in [1.29, 1.82) is 0 Å². The van der Waals surface area contributed by atoms with Gasteiger partial charge in [-0.3, -0.25) is 4.79 Å². The second-order valence-corrected chi connectivity index (χ2v) is 2.99. The third-order valence-corrected chi connectivity index (χ3v) is 1.79. The zero-order valence-corrected chi connectivity index (χ0v) is 9.31. The topological polar surface area (TPSA) is 115 Å². The zero-order chi connectivity index (χ0) is 12.1. The molecule has 0 spiro atoms. The lowest BCUT2D eigenvalue weighted by Crippen LogP contribution is -2.33. The molecule has 0 aliphatic heterocycles. The molecular weight excluding hydrogens is 212 g/mol. The average molecular weight is 226 g/mol. The van der Waals surface area contributed by atoms with Gasteiger partial charge in [0.2, 0.25) is 17.8 Å². The van der Waals surface area contributed by atoms with Gasteiger partial charge in [0.15, 0.2) is 0 Å². The van der Waals surface area contributed by atoms with Gasteiger partial charge in [-0.25, -0.2) is 0 Å². The largest absolute Gasteiger partial charge is 0.467 e. The van der Waals surface area contributed by atoms with Crippen LogP contribution in [-0.4, -0.2) is 41.1 Å². The van der Waals surface area contributed by atoms with Gasteiger partial charge in [-0.05, 0) is 6.92 Å². The molecule has 1 aromatic heterocycles. The van der Waals surface area contributed by atoms with Crippen LogP contribution in [0.5, 0.6) is 6.01 Å². The molecule has 0 bridgehead atoms. The third kappa shape index (κ3) is 2.94. The number of nitrogens with one attached hydrogen (secondary N) is 2. The van der Waals surface area contributed by atoms with Crippen molar-refractivity contribution in [3.05, 3.63) is 0 Å². The maximum atomic E-state index is 10.9. The van der Waals surface area contributed by atoms with Crippen LogP contribution in [0.3, 0.4) is 0 Å². The van der Waals surface area contributed by atoms with Gasteiger partial charge in [0.25, 0.3) is 0 Å². The highest BCUT2D eigenvalue weighted by Gasteiger charge is 2.12. The number of methoxy groups -OCH3 is 1. The van der Waals surface area contributed by atoms with Crippen molar-refractivity contribution in [3.63, 3.8) is 0 Å². The third-order valence-electron chi connectivity index (χ3n) is 1.79.